The highest BCUT2D eigenvalue weighted by Crippen LogP contribution is 2.33. The van der Waals surface area contributed by atoms with Crippen molar-refractivity contribution in [1.82, 2.24) is 19.9 Å². The second-order valence-corrected chi connectivity index (χ2v) is 7.14. The Hall–Kier alpha value is -3.12. The molecule has 28 heavy (non-hydrogen) atoms. The van der Waals surface area contributed by atoms with Gasteiger partial charge in [-0.2, -0.15) is 5.26 Å². The van der Waals surface area contributed by atoms with Gasteiger partial charge in [0.2, 0.25) is 0 Å². The third-order valence-corrected chi connectivity index (χ3v) is 5.05. The van der Waals surface area contributed by atoms with Crippen LogP contribution in [-0.2, 0) is 0 Å². The number of H-pyrrole nitrogens is 1. The molecule has 2 atom stereocenters. The first-order valence-corrected chi connectivity index (χ1v) is 8.99. The van der Waals surface area contributed by atoms with E-state index in [-0.39, 0.29) is 24.1 Å². The van der Waals surface area contributed by atoms with Crippen LogP contribution in [0.3, 0.4) is 0 Å². The summed E-state index contributed by atoms with van der Waals surface area (Å²) in [4.78, 5) is 15.2. The topological polar surface area (TPSA) is 111 Å². The summed E-state index contributed by atoms with van der Waals surface area (Å²) in [5.74, 6) is -0.879. The minimum atomic E-state index is -1.07. The number of hydrogen-bond acceptors (Lipinski definition) is 6. The van der Waals surface area contributed by atoms with Gasteiger partial charge in [-0.1, -0.05) is 0 Å². The Bertz CT molecular complexity index is 1060. The van der Waals surface area contributed by atoms with E-state index in [2.05, 4.69) is 25.3 Å². The fourth-order valence-corrected chi connectivity index (χ4v) is 3.73. The van der Waals surface area contributed by atoms with E-state index in [1.54, 1.807) is 6.20 Å². The number of nitriles is 1. The van der Waals surface area contributed by atoms with Crippen LogP contribution < -0.4 is 5.32 Å². The summed E-state index contributed by atoms with van der Waals surface area (Å²) in [6.45, 7) is 0. The number of anilines is 1. The molecule has 4 rings (SSSR count). The minimum absolute atomic E-state index is 0.00919. The van der Waals surface area contributed by atoms with E-state index in [0.717, 1.165) is 25.2 Å². The number of rotatable bonds is 4. The van der Waals surface area contributed by atoms with E-state index >= 15 is 0 Å². The number of aromatic amines is 1. The Labute approximate surface area is 159 Å². The molecule has 0 spiro atoms. The fraction of sp³-hybridized carbons (Fsp3) is 0.368. The lowest BCUT2D eigenvalue weighted by Crippen LogP contribution is -2.40. The molecule has 0 aliphatic heterocycles. The molecule has 7 nitrogen and oxygen atoms in total. The van der Waals surface area contributed by atoms with Crippen molar-refractivity contribution in [1.29, 1.82) is 5.26 Å². The zero-order valence-corrected chi connectivity index (χ0v) is 14.9. The number of aromatic nitrogens is 4. The molecule has 9 heteroatoms. The van der Waals surface area contributed by atoms with Crippen LogP contribution in [0.15, 0.2) is 24.7 Å². The van der Waals surface area contributed by atoms with Crippen molar-refractivity contribution in [2.75, 3.05) is 5.32 Å². The average Bonchev–Trinajstić information content (AvgIpc) is 3.06. The highest BCUT2D eigenvalue weighted by molar-refractivity contribution is 5.91. The van der Waals surface area contributed by atoms with Gasteiger partial charge in [-0.25, -0.2) is 23.7 Å². The van der Waals surface area contributed by atoms with Gasteiger partial charge in [-0.05, 0) is 31.7 Å². The molecular weight excluding hydrogens is 366 g/mol. The van der Waals surface area contributed by atoms with Gasteiger partial charge in [-0.3, -0.25) is 0 Å². The predicted molar refractivity (Wildman–Crippen MR) is 98.1 cm³/mol. The highest BCUT2D eigenvalue weighted by Gasteiger charge is 2.34. The second-order valence-electron chi connectivity index (χ2n) is 7.14. The maximum absolute atomic E-state index is 14.3. The van der Waals surface area contributed by atoms with Gasteiger partial charge in [0.25, 0.3) is 0 Å². The number of fused-ring (bicyclic) bond motifs is 1. The molecule has 1 fully saturated rings. The number of nitrogens with one attached hydrogen (secondary N) is 2. The highest BCUT2D eigenvalue weighted by atomic mass is 19.1. The van der Waals surface area contributed by atoms with Crippen LogP contribution >= 0.6 is 0 Å². The van der Waals surface area contributed by atoms with Crippen molar-refractivity contribution < 1.29 is 13.9 Å². The SMILES string of the molecule is N#CC[C@@]1(O)CCC[C@H](Nc2nc(-c3c[nH]c4ncc(F)cc34)ncc2F)C1. The molecule has 3 aromatic heterocycles. The van der Waals surface area contributed by atoms with Crippen molar-refractivity contribution >= 4 is 16.9 Å². The molecule has 0 unspecified atom stereocenters. The van der Waals surface area contributed by atoms with Gasteiger partial charge in [-0.15, -0.1) is 0 Å². The normalized spacial score (nSPS) is 22.1. The standard InChI is InChI=1S/C19H18F2N6O/c20-11-6-13-14(9-24-16(13)23-8-11)17-25-10-15(21)18(27-17)26-12-2-1-3-19(28,7-12)4-5-22/h6,8-10,12,28H,1-4,7H2,(H,23,24)(H,25,26,27)/t12-,19-/m0/s1. The first kappa shape index (κ1) is 18.3. The molecule has 3 N–H and O–H groups in total. The van der Waals surface area contributed by atoms with E-state index in [0.29, 0.717) is 29.4 Å². The third-order valence-electron chi connectivity index (χ3n) is 5.05. The van der Waals surface area contributed by atoms with E-state index in [4.69, 9.17) is 5.26 Å². The van der Waals surface area contributed by atoms with Gasteiger partial charge in [0.05, 0.1) is 30.5 Å². The number of pyridine rings is 1. The maximum Gasteiger partial charge on any atom is 0.183 e. The van der Waals surface area contributed by atoms with Crippen LogP contribution in [0.1, 0.15) is 32.1 Å². The third kappa shape index (κ3) is 3.51. The minimum Gasteiger partial charge on any atom is -0.389 e. The molecule has 3 heterocycles. The van der Waals surface area contributed by atoms with Gasteiger partial charge in [0.1, 0.15) is 11.5 Å². The van der Waals surface area contributed by atoms with E-state index < -0.39 is 17.2 Å². The van der Waals surface area contributed by atoms with Crippen LogP contribution in [0.4, 0.5) is 14.6 Å². The van der Waals surface area contributed by atoms with Gasteiger partial charge < -0.3 is 15.4 Å². The van der Waals surface area contributed by atoms with Crippen molar-refractivity contribution in [3.05, 3.63) is 36.3 Å². The zero-order valence-electron chi connectivity index (χ0n) is 14.9. The summed E-state index contributed by atoms with van der Waals surface area (Å²) in [7, 11) is 0. The molecule has 1 aliphatic rings. The Morgan fingerprint density at radius 3 is 3.04 bits per heavy atom. The lowest BCUT2D eigenvalue weighted by atomic mass is 9.80. The van der Waals surface area contributed by atoms with Gasteiger partial charge >= 0.3 is 0 Å². The van der Waals surface area contributed by atoms with Crippen molar-refractivity contribution in [2.45, 2.75) is 43.7 Å². The summed E-state index contributed by atoms with van der Waals surface area (Å²) in [6.07, 6.45) is 6.13. The number of hydrogen-bond donors (Lipinski definition) is 3. The van der Waals surface area contributed by atoms with Crippen molar-refractivity contribution in [2.24, 2.45) is 0 Å². The van der Waals surface area contributed by atoms with E-state index in [1.807, 2.05) is 6.07 Å². The second kappa shape index (κ2) is 7.13. The molecule has 1 aliphatic carbocycles. The number of halogens is 2. The Kier molecular flexibility index (Phi) is 4.65. The number of nitrogens with zero attached hydrogens (tertiary/aromatic N) is 4. The molecule has 144 valence electrons. The predicted octanol–water partition coefficient (Wildman–Crippen LogP) is 3.30. The maximum atomic E-state index is 14.3. The van der Waals surface area contributed by atoms with E-state index in [9.17, 15) is 13.9 Å². The smallest absolute Gasteiger partial charge is 0.183 e. The quantitative estimate of drug-likeness (QED) is 0.637. The lowest BCUT2D eigenvalue weighted by Gasteiger charge is -2.35. The van der Waals surface area contributed by atoms with Crippen LogP contribution in [0, 0.1) is 23.0 Å². The molecular formula is C19H18F2N6O. The van der Waals surface area contributed by atoms with Crippen molar-refractivity contribution in [3.63, 3.8) is 0 Å². The summed E-state index contributed by atoms with van der Waals surface area (Å²) in [5.41, 5.74) is -0.0841. The van der Waals surface area contributed by atoms with E-state index in [1.165, 1.54) is 6.07 Å². The molecule has 0 radical (unpaired) electrons. The largest absolute Gasteiger partial charge is 0.389 e. The fourth-order valence-electron chi connectivity index (χ4n) is 3.73. The average molecular weight is 384 g/mol. The summed E-state index contributed by atoms with van der Waals surface area (Å²) in [5, 5.41) is 22.9. The lowest BCUT2D eigenvalue weighted by molar-refractivity contribution is 0.00444. The molecule has 1 saturated carbocycles. The molecule has 0 amide bonds. The molecule has 0 saturated heterocycles. The summed E-state index contributed by atoms with van der Waals surface area (Å²) in [6, 6.07) is 3.11. The first-order chi connectivity index (χ1) is 13.5. The zero-order chi connectivity index (χ0) is 19.7. The van der Waals surface area contributed by atoms with Gasteiger partial charge in [0.15, 0.2) is 17.5 Å². The first-order valence-electron chi connectivity index (χ1n) is 8.99. The monoisotopic (exact) mass is 384 g/mol. The van der Waals surface area contributed by atoms with Crippen LogP contribution in [0.2, 0.25) is 0 Å². The summed E-state index contributed by atoms with van der Waals surface area (Å²) < 4.78 is 27.9. The van der Waals surface area contributed by atoms with Crippen molar-refractivity contribution in [3.8, 4) is 17.5 Å². The van der Waals surface area contributed by atoms with Crippen LogP contribution in [-0.4, -0.2) is 36.7 Å². The summed E-state index contributed by atoms with van der Waals surface area (Å²) >= 11 is 0. The Morgan fingerprint density at radius 2 is 2.21 bits per heavy atom. The van der Waals surface area contributed by atoms with Crippen LogP contribution in [0.25, 0.3) is 22.4 Å². The molecule has 0 aromatic carbocycles. The molecule has 0 bridgehead atoms. The Morgan fingerprint density at radius 1 is 1.36 bits per heavy atom. The van der Waals surface area contributed by atoms with Crippen LogP contribution in [0.5, 0.6) is 0 Å². The Balaban J connectivity index is 1.62. The van der Waals surface area contributed by atoms with Gasteiger partial charge in [0, 0.05) is 23.2 Å². The number of aliphatic hydroxyl groups is 1. The molecule has 3 aromatic rings.